The van der Waals surface area contributed by atoms with Gasteiger partial charge in [-0.3, -0.25) is 4.79 Å². The number of nitrogens with one attached hydrogen (secondary N) is 1. The molecule has 0 aliphatic carbocycles. The molecule has 1 heterocycles. The highest BCUT2D eigenvalue weighted by Gasteiger charge is 2.15. The van der Waals surface area contributed by atoms with E-state index in [2.05, 4.69) is 4.98 Å². The maximum atomic E-state index is 13.9. The lowest BCUT2D eigenvalue weighted by Gasteiger charge is -2.17. The molecule has 0 spiro atoms. The predicted octanol–water partition coefficient (Wildman–Crippen LogP) is 3.51. The van der Waals surface area contributed by atoms with Gasteiger partial charge in [-0.1, -0.05) is 24.3 Å². The highest BCUT2D eigenvalue weighted by Crippen LogP contribution is 2.23. The SMILES string of the molecule is CN(C(=O)Cc1c[nH]c2cccc(F)c12)c1ccccc1. The molecular weight excluding hydrogens is 267 g/mol. The highest BCUT2D eigenvalue weighted by molar-refractivity contribution is 5.97. The van der Waals surface area contributed by atoms with E-state index in [1.165, 1.54) is 6.07 Å². The molecule has 106 valence electrons. The van der Waals surface area contributed by atoms with Crippen LogP contribution in [0.3, 0.4) is 0 Å². The van der Waals surface area contributed by atoms with Crippen LogP contribution in [0.1, 0.15) is 5.56 Å². The molecule has 0 saturated carbocycles. The molecule has 2 aromatic carbocycles. The Labute approximate surface area is 122 Å². The van der Waals surface area contributed by atoms with Crippen LogP contribution in [-0.4, -0.2) is 17.9 Å². The summed E-state index contributed by atoms with van der Waals surface area (Å²) in [4.78, 5) is 16.9. The zero-order chi connectivity index (χ0) is 14.8. The maximum absolute atomic E-state index is 13.9. The molecule has 1 amide bonds. The number of aromatic nitrogens is 1. The minimum Gasteiger partial charge on any atom is -0.361 e. The Bertz CT molecular complexity index is 780. The van der Waals surface area contributed by atoms with E-state index in [4.69, 9.17) is 0 Å². The lowest BCUT2D eigenvalue weighted by molar-refractivity contribution is -0.117. The van der Waals surface area contributed by atoms with Crippen molar-refractivity contribution >= 4 is 22.5 Å². The summed E-state index contributed by atoms with van der Waals surface area (Å²) in [6.07, 6.45) is 1.86. The number of hydrogen-bond acceptors (Lipinski definition) is 1. The van der Waals surface area contributed by atoms with Gasteiger partial charge in [-0.25, -0.2) is 4.39 Å². The Morgan fingerprint density at radius 1 is 1.14 bits per heavy atom. The second kappa shape index (κ2) is 5.40. The number of nitrogens with zero attached hydrogens (tertiary/aromatic N) is 1. The van der Waals surface area contributed by atoms with Crippen LogP contribution < -0.4 is 4.90 Å². The molecule has 0 aliphatic heterocycles. The van der Waals surface area contributed by atoms with Crippen molar-refractivity contribution in [2.45, 2.75) is 6.42 Å². The minimum atomic E-state index is -0.307. The quantitative estimate of drug-likeness (QED) is 0.784. The van der Waals surface area contributed by atoms with E-state index in [0.717, 1.165) is 5.69 Å². The number of carbonyl (C=O) groups is 1. The van der Waals surface area contributed by atoms with Gasteiger partial charge in [0.2, 0.25) is 5.91 Å². The van der Waals surface area contributed by atoms with Crippen molar-refractivity contribution in [3.8, 4) is 0 Å². The van der Waals surface area contributed by atoms with Crippen LogP contribution in [0, 0.1) is 5.82 Å². The van der Waals surface area contributed by atoms with E-state index < -0.39 is 0 Å². The average Bonchev–Trinajstić information content (AvgIpc) is 2.92. The number of halogens is 1. The van der Waals surface area contributed by atoms with Crippen molar-refractivity contribution in [3.63, 3.8) is 0 Å². The summed E-state index contributed by atoms with van der Waals surface area (Å²) >= 11 is 0. The fourth-order valence-corrected chi connectivity index (χ4v) is 2.42. The largest absolute Gasteiger partial charge is 0.361 e. The maximum Gasteiger partial charge on any atom is 0.231 e. The van der Waals surface area contributed by atoms with E-state index in [9.17, 15) is 9.18 Å². The molecule has 0 aliphatic rings. The number of amides is 1. The molecule has 21 heavy (non-hydrogen) atoms. The summed E-state index contributed by atoms with van der Waals surface area (Å²) in [5, 5.41) is 0.493. The van der Waals surface area contributed by atoms with Crippen LogP contribution in [0.2, 0.25) is 0 Å². The van der Waals surface area contributed by atoms with Crippen LogP contribution in [0.5, 0.6) is 0 Å². The van der Waals surface area contributed by atoms with Gasteiger partial charge < -0.3 is 9.88 Å². The van der Waals surface area contributed by atoms with Crippen molar-refractivity contribution in [2.75, 3.05) is 11.9 Å². The number of fused-ring (bicyclic) bond motifs is 1. The Kier molecular flexibility index (Phi) is 3.44. The lowest BCUT2D eigenvalue weighted by Crippen LogP contribution is -2.27. The standard InChI is InChI=1S/C17H15FN2O/c1-20(13-6-3-2-4-7-13)16(21)10-12-11-19-15-9-5-8-14(18)17(12)15/h2-9,11,19H,10H2,1H3. The fourth-order valence-electron chi connectivity index (χ4n) is 2.42. The number of likely N-dealkylation sites (N-methyl/N-ethyl adjacent to an activating group) is 1. The molecule has 4 heteroatoms. The van der Waals surface area contributed by atoms with E-state index in [-0.39, 0.29) is 18.1 Å². The van der Waals surface area contributed by atoms with Gasteiger partial charge in [-0.15, -0.1) is 0 Å². The molecule has 0 atom stereocenters. The smallest absolute Gasteiger partial charge is 0.231 e. The number of H-pyrrole nitrogens is 1. The molecule has 0 radical (unpaired) electrons. The van der Waals surface area contributed by atoms with Crippen LogP contribution in [-0.2, 0) is 11.2 Å². The summed E-state index contributed by atoms with van der Waals surface area (Å²) < 4.78 is 13.9. The molecule has 1 aromatic heterocycles. The molecule has 3 aromatic rings. The first-order valence-electron chi connectivity index (χ1n) is 6.73. The summed E-state index contributed by atoms with van der Waals surface area (Å²) in [7, 11) is 1.73. The van der Waals surface area contributed by atoms with Gasteiger partial charge >= 0.3 is 0 Å². The first-order chi connectivity index (χ1) is 10.2. The normalized spacial score (nSPS) is 10.8. The van der Waals surface area contributed by atoms with Gasteiger partial charge in [0.15, 0.2) is 0 Å². The molecule has 0 saturated heterocycles. The predicted molar refractivity (Wildman–Crippen MR) is 81.8 cm³/mol. The summed E-state index contributed by atoms with van der Waals surface area (Å²) in [5.74, 6) is -0.385. The van der Waals surface area contributed by atoms with E-state index >= 15 is 0 Å². The molecular formula is C17H15FN2O. The zero-order valence-corrected chi connectivity index (χ0v) is 11.6. The molecule has 1 N–H and O–H groups in total. The zero-order valence-electron chi connectivity index (χ0n) is 11.6. The number of rotatable bonds is 3. The monoisotopic (exact) mass is 282 g/mol. The first-order valence-corrected chi connectivity index (χ1v) is 6.73. The van der Waals surface area contributed by atoms with Crippen LogP contribution in [0.25, 0.3) is 10.9 Å². The van der Waals surface area contributed by atoms with Crippen molar-refractivity contribution in [2.24, 2.45) is 0 Å². The summed E-state index contributed by atoms with van der Waals surface area (Å²) in [6, 6.07) is 14.3. The van der Waals surface area contributed by atoms with Gasteiger partial charge in [0, 0.05) is 29.8 Å². The summed E-state index contributed by atoms with van der Waals surface area (Å²) in [5.41, 5.74) is 2.21. The molecule has 0 fully saturated rings. The van der Waals surface area contributed by atoms with Crippen molar-refractivity contribution < 1.29 is 9.18 Å². The Morgan fingerprint density at radius 3 is 2.67 bits per heavy atom. The van der Waals surface area contributed by atoms with Gasteiger partial charge in [0.1, 0.15) is 5.82 Å². The number of carbonyl (C=O) groups excluding carboxylic acids is 1. The number of benzene rings is 2. The number of hydrogen-bond donors (Lipinski definition) is 1. The van der Waals surface area contributed by atoms with Crippen LogP contribution in [0.4, 0.5) is 10.1 Å². The van der Waals surface area contributed by atoms with Gasteiger partial charge in [-0.2, -0.15) is 0 Å². The third-order valence-electron chi connectivity index (χ3n) is 3.60. The first kappa shape index (κ1) is 13.4. The Hall–Kier alpha value is -2.62. The van der Waals surface area contributed by atoms with Crippen molar-refractivity contribution in [1.29, 1.82) is 0 Å². The lowest BCUT2D eigenvalue weighted by atomic mass is 10.1. The van der Waals surface area contributed by atoms with Crippen LogP contribution in [0.15, 0.2) is 54.7 Å². The van der Waals surface area contributed by atoms with E-state index in [1.54, 1.807) is 30.3 Å². The fraction of sp³-hybridized carbons (Fsp3) is 0.118. The van der Waals surface area contributed by atoms with Crippen LogP contribution >= 0.6 is 0 Å². The minimum absolute atomic E-state index is 0.0784. The topological polar surface area (TPSA) is 36.1 Å². The van der Waals surface area contributed by atoms with E-state index in [0.29, 0.717) is 16.5 Å². The molecule has 0 bridgehead atoms. The average molecular weight is 282 g/mol. The van der Waals surface area contributed by atoms with Crippen molar-refractivity contribution in [1.82, 2.24) is 4.98 Å². The Balaban J connectivity index is 1.87. The van der Waals surface area contributed by atoms with Crippen molar-refractivity contribution in [3.05, 3.63) is 66.1 Å². The molecule has 0 unspecified atom stereocenters. The molecule has 3 rings (SSSR count). The number of aromatic amines is 1. The van der Waals surface area contributed by atoms with Gasteiger partial charge in [-0.05, 0) is 29.8 Å². The second-order valence-electron chi connectivity index (χ2n) is 4.94. The second-order valence-corrected chi connectivity index (χ2v) is 4.94. The number of para-hydroxylation sites is 1. The van der Waals surface area contributed by atoms with Gasteiger partial charge in [0.25, 0.3) is 0 Å². The third-order valence-corrected chi connectivity index (χ3v) is 3.60. The number of anilines is 1. The Morgan fingerprint density at radius 2 is 1.90 bits per heavy atom. The highest BCUT2D eigenvalue weighted by atomic mass is 19.1. The third kappa shape index (κ3) is 2.52. The van der Waals surface area contributed by atoms with E-state index in [1.807, 2.05) is 30.3 Å². The van der Waals surface area contributed by atoms with Gasteiger partial charge in [0.05, 0.1) is 6.42 Å². The molecule has 3 nitrogen and oxygen atoms in total. The summed E-state index contributed by atoms with van der Waals surface area (Å²) in [6.45, 7) is 0.